The lowest BCUT2D eigenvalue weighted by Crippen LogP contribution is -2.36. The van der Waals surface area contributed by atoms with Crippen molar-refractivity contribution in [3.63, 3.8) is 0 Å². The maximum atomic E-state index is 12.6. The summed E-state index contributed by atoms with van der Waals surface area (Å²) < 4.78 is 31.0. The van der Waals surface area contributed by atoms with Gasteiger partial charge in [-0.05, 0) is 62.7 Å². The van der Waals surface area contributed by atoms with Crippen molar-refractivity contribution in [1.29, 1.82) is 0 Å². The van der Waals surface area contributed by atoms with Gasteiger partial charge in [0.1, 0.15) is 5.76 Å². The van der Waals surface area contributed by atoms with Crippen LogP contribution in [0.5, 0.6) is 0 Å². The Hall–Kier alpha value is -2.32. The van der Waals surface area contributed by atoms with Crippen molar-refractivity contribution >= 4 is 21.6 Å². The van der Waals surface area contributed by atoms with Crippen molar-refractivity contribution in [2.24, 2.45) is 0 Å². The van der Waals surface area contributed by atoms with E-state index in [0.717, 1.165) is 43.5 Å². The van der Waals surface area contributed by atoms with E-state index in [0.29, 0.717) is 17.8 Å². The number of hydrogen-bond donors (Lipinski definition) is 2. The maximum absolute atomic E-state index is 12.6. The van der Waals surface area contributed by atoms with Crippen LogP contribution in [0.15, 0.2) is 41.0 Å². The molecular formula is C19H25N3O4S. The molecule has 0 aliphatic carbocycles. The van der Waals surface area contributed by atoms with Crippen LogP contribution >= 0.6 is 0 Å². The summed E-state index contributed by atoms with van der Waals surface area (Å²) >= 11 is 0. The predicted molar refractivity (Wildman–Crippen MR) is 104 cm³/mol. The highest BCUT2D eigenvalue weighted by atomic mass is 32.2. The smallest absolute Gasteiger partial charge is 0.251 e. The monoisotopic (exact) mass is 391 g/mol. The first kappa shape index (κ1) is 19.4. The number of nitrogens with one attached hydrogen (secondary N) is 2. The molecule has 0 radical (unpaired) electrons. The van der Waals surface area contributed by atoms with Crippen molar-refractivity contribution in [1.82, 2.24) is 10.2 Å². The Labute approximate surface area is 159 Å². The Balaban J connectivity index is 1.71. The Kier molecular flexibility index (Phi) is 5.86. The molecule has 0 unspecified atom stereocenters. The van der Waals surface area contributed by atoms with Gasteiger partial charge in [0.15, 0.2) is 0 Å². The Bertz CT molecular complexity index is 888. The topological polar surface area (TPSA) is 91.7 Å². The van der Waals surface area contributed by atoms with Gasteiger partial charge in [0.05, 0.1) is 24.2 Å². The van der Waals surface area contributed by atoms with Crippen molar-refractivity contribution in [3.05, 3.63) is 53.5 Å². The van der Waals surface area contributed by atoms with Crippen LogP contribution in [-0.4, -0.2) is 45.1 Å². The molecule has 1 aliphatic heterocycles. The predicted octanol–water partition coefficient (Wildman–Crippen LogP) is 2.53. The van der Waals surface area contributed by atoms with Gasteiger partial charge in [0.2, 0.25) is 10.0 Å². The van der Waals surface area contributed by atoms with E-state index < -0.39 is 10.0 Å². The van der Waals surface area contributed by atoms with E-state index >= 15 is 0 Å². The Morgan fingerprint density at radius 1 is 1.26 bits per heavy atom. The van der Waals surface area contributed by atoms with Crippen LogP contribution in [0.3, 0.4) is 0 Å². The lowest BCUT2D eigenvalue weighted by atomic mass is 10.1. The second-order valence-corrected chi connectivity index (χ2v) is 8.64. The molecule has 1 saturated heterocycles. The minimum atomic E-state index is -3.41. The molecule has 0 bridgehead atoms. The number of furan rings is 1. The average molecular weight is 391 g/mol. The molecule has 2 N–H and O–H groups in total. The molecular weight excluding hydrogens is 366 g/mol. The summed E-state index contributed by atoms with van der Waals surface area (Å²) in [6.07, 6.45) is 5.01. The van der Waals surface area contributed by atoms with Gasteiger partial charge < -0.3 is 9.73 Å². The van der Waals surface area contributed by atoms with E-state index in [4.69, 9.17) is 4.42 Å². The van der Waals surface area contributed by atoms with Crippen molar-refractivity contribution in [3.8, 4) is 0 Å². The number of likely N-dealkylation sites (tertiary alicyclic amines) is 1. The first-order chi connectivity index (χ1) is 12.8. The van der Waals surface area contributed by atoms with Gasteiger partial charge in [-0.3, -0.25) is 14.4 Å². The second-order valence-electron chi connectivity index (χ2n) is 6.89. The van der Waals surface area contributed by atoms with E-state index in [1.807, 2.05) is 12.1 Å². The maximum Gasteiger partial charge on any atom is 0.251 e. The van der Waals surface area contributed by atoms with Crippen LogP contribution in [0.25, 0.3) is 0 Å². The summed E-state index contributed by atoms with van der Waals surface area (Å²) in [6.45, 7) is 4.17. The van der Waals surface area contributed by atoms with Crippen molar-refractivity contribution in [2.75, 3.05) is 30.6 Å². The molecule has 1 fully saturated rings. The van der Waals surface area contributed by atoms with Crippen LogP contribution < -0.4 is 10.0 Å². The van der Waals surface area contributed by atoms with Gasteiger partial charge in [0, 0.05) is 12.1 Å². The minimum Gasteiger partial charge on any atom is -0.468 e. The fraction of sp³-hybridized carbons (Fsp3) is 0.421. The molecule has 1 amide bonds. The average Bonchev–Trinajstić information content (AvgIpc) is 3.30. The first-order valence-electron chi connectivity index (χ1n) is 8.97. The fourth-order valence-electron chi connectivity index (χ4n) is 3.31. The summed E-state index contributed by atoms with van der Waals surface area (Å²) in [5.41, 5.74) is 1.57. The number of rotatable bonds is 7. The van der Waals surface area contributed by atoms with Gasteiger partial charge in [-0.1, -0.05) is 6.07 Å². The van der Waals surface area contributed by atoms with E-state index in [9.17, 15) is 13.2 Å². The molecule has 2 heterocycles. The third kappa shape index (κ3) is 5.11. The molecule has 1 aliphatic rings. The number of aryl methyl sites for hydroxylation is 1. The quantitative estimate of drug-likeness (QED) is 0.757. The van der Waals surface area contributed by atoms with Gasteiger partial charge in [-0.2, -0.15) is 0 Å². The first-order valence-corrected chi connectivity index (χ1v) is 10.9. The SMILES string of the molecule is Cc1ccc(C(=O)NC[C@H](c2ccco2)N2CCCC2)cc1NS(C)(=O)=O. The lowest BCUT2D eigenvalue weighted by molar-refractivity contribution is 0.0934. The number of carbonyl (C=O) groups excluding carboxylic acids is 1. The standard InChI is InChI=1S/C19H25N3O4S/c1-14-7-8-15(12-16(14)21-27(2,24)25)19(23)20-13-17(18-6-5-11-26-18)22-9-3-4-10-22/h5-8,11-12,17,21H,3-4,9-10,13H2,1-2H3,(H,20,23)/t17-/m1/s1. The molecule has 3 rings (SSSR count). The number of amides is 1. The minimum absolute atomic E-state index is 0.00878. The largest absolute Gasteiger partial charge is 0.468 e. The summed E-state index contributed by atoms with van der Waals surface area (Å²) in [6, 6.07) is 8.75. The fourth-order valence-corrected chi connectivity index (χ4v) is 3.93. The zero-order valence-electron chi connectivity index (χ0n) is 15.6. The third-order valence-electron chi connectivity index (χ3n) is 4.70. The van der Waals surface area contributed by atoms with Crippen LogP contribution in [-0.2, 0) is 10.0 Å². The molecule has 8 heteroatoms. The Morgan fingerprint density at radius 3 is 2.63 bits per heavy atom. The highest BCUT2D eigenvalue weighted by Crippen LogP contribution is 2.25. The van der Waals surface area contributed by atoms with E-state index in [1.54, 1.807) is 31.4 Å². The number of carbonyl (C=O) groups is 1. The van der Waals surface area contributed by atoms with E-state index in [2.05, 4.69) is 14.9 Å². The molecule has 1 aromatic carbocycles. The van der Waals surface area contributed by atoms with Gasteiger partial charge in [-0.15, -0.1) is 0 Å². The number of anilines is 1. The number of sulfonamides is 1. The van der Waals surface area contributed by atoms with Gasteiger partial charge in [-0.25, -0.2) is 8.42 Å². The van der Waals surface area contributed by atoms with Crippen molar-refractivity contribution in [2.45, 2.75) is 25.8 Å². The van der Waals surface area contributed by atoms with E-state index in [-0.39, 0.29) is 11.9 Å². The molecule has 27 heavy (non-hydrogen) atoms. The highest BCUT2D eigenvalue weighted by Gasteiger charge is 2.26. The third-order valence-corrected chi connectivity index (χ3v) is 5.29. The summed E-state index contributed by atoms with van der Waals surface area (Å²) in [5, 5.41) is 2.96. The van der Waals surface area contributed by atoms with Gasteiger partial charge >= 0.3 is 0 Å². The van der Waals surface area contributed by atoms with Crippen LogP contribution in [0.2, 0.25) is 0 Å². The molecule has 1 atom stereocenters. The normalized spacial score (nSPS) is 16.2. The molecule has 2 aromatic rings. The molecule has 146 valence electrons. The van der Waals surface area contributed by atoms with Crippen LogP contribution in [0, 0.1) is 6.92 Å². The number of benzene rings is 1. The second kappa shape index (κ2) is 8.14. The molecule has 0 spiro atoms. The number of hydrogen-bond acceptors (Lipinski definition) is 5. The summed E-state index contributed by atoms with van der Waals surface area (Å²) in [5.74, 6) is 0.586. The molecule has 0 saturated carbocycles. The molecule has 1 aromatic heterocycles. The summed E-state index contributed by atoms with van der Waals surface area (Å²) in [4.78, 5) is 14.9. The van der Waals surface area contributed by atoms with Gasteiger partial charge in [0.25, 0.3) is 5.91 Å². The summed E-state index contributed by atoms with van der Waals surface area (Å²) in [7, 11) is -3.41. The lowest BCUT2D eigenvalue weighted by Gasteiger charge is -2.26. The van der Waals surface area contributed by atoms with E-state index in [1.165, 1.54) is 0 Å². The van der Waals surface area contributed by atoms with Crippen molar-refractivity contribution < 1.29 is 17.6 Å². The zero-order chi connectivity index (χ0) is 19.4. The Morgan fingerprint density at radius 2 is 2.00 bits per heavy atom. The number of nitrogens with zero attached hydrogens (tertiary/aromatic N) is 1. The van der Waals surface area contributed by atoms with Crippen LogP contribution in [0.4, 0.5) is 5.69 Å². The molecule has 7 nitrogen and oxygen atoms in total. The highest BCUT2D eigenvalue weighted by molar-refractivity contribution is 7.92. The van der Waals surface area contributed by atoms with Crippen LogP contribution in [0.1, 0.15) is 40.6 Å². The zero-order valence-corrected chi connectivity index (χ0v) is 16.4.